The predicted octanol–water partition coefficient (Wildman–Crippen LogP) is 4.76. The van der Waals surface area contributed by atoms with E-state index < -0.39 is 41.7 Å². The first kappa shape index (κ1) is 39.8. The second kappa shape index (κ2) is 20.1. The summed E-state index contributed by atoms with van der Waals surface area (Å²) < 4.78 is 0. The Morgan fingerprint density at radius 3 is 2.21 bits per heavy atom. The van der Waals surface area contributed by atoms with Crippen LogP contribution in [0.15, 0.2) is 30.3 Å². The molecule has 1 saturated heterocycles. The molecule has 0 aliphatic carbocycles. The minimum absolute atomic E-state index is 0.0814. The van der Waals surface area contributed by atoms with Crippen LogP contribution in [0.3, 0.4) is 0 Å². The van der Waals surface area contributed by atoms with Gasteiger partial charge in [0.05, 0.1) is 18.0 Å². The number of carboxylic acids is 1. The summed E-state index contributed by atoms with van der Waals surface area (Å²) in [5.41, 5.74) is 6.50. The summed E-state index contributed by atoms with van der Waals surface area (Å²) >= 11 is 0. The Bertz CT molecular complexity index is 1200. The van der Waals surface area contributed by atoms with Gasteiger partial charge in [-0.3, -0.25) is 24.0 Å². The molecule has 10 nitrogen and oxygen atoms in total. The fourth-order valence-corrected chi connectivity index (χ4v) is 6.59. The number of carbonyl (C=O) groups is 6. The van der Waals surface area contributed by atoms with Gasteiger partial charge in [-0.2, -0.15) is 0 Å². The number of hydrogen-bond acceptors (Lipinski definition) is 7. The Morgan fingerprint density at radius 2 is 1.64 bits per heavy atom. The van der Waals surface area contributed by atoms with Crippen molar-refractivity contribution in [1.82, 2.24) is 10.2 Å². The van der Waals surface area contributed by atoms with Crippen LogP contribution in [-0.4, -0.2) is 70.3 Å². The van der Waals surface area contributed by atoms with Crippen LogP contribution in [0.25, 0.3) is 0 Å². The number of hydrogen-bond donors (Lipinski definition) is 3. The number of ketones is 3. The molecular weight excluding hydrogens is 598 g/mol. The van der Waals surface area contributed by atoms with Crippen molar-refractivity contribution >= 4 is 35.1 Å². The molecule has 4 N–H and O–H groups in total. The van der Waals surface area contributed by atoms with Crippen molar-refractivity contribution in [2.75, 3.05) is 13.1 Å². The summed E-state index contributed by atoms with van der Waals surface area (Å²) in [5.74, 6) is -4.61. The topological polar surface area (TPSA) is 164 Å². The van der Waals surface area contributed by atoms with E-state index in [1.807, 2.05) is 58.0 Å². The molecule has 10 heteroatoms. The molecule has 0 saturated carbocycles. The van der Waals surface area contributed by atoms with Crippen LogP contribution < -0.4 is 11.1 Å². The SMILES string of the molecule is CCC(C)C(NC(=O)C(CC(=O)[C@@H]1CCCN1C(=O)C(CCCCN)CC(C)=O)Cc1ccccc1)C(=O)C[C@@H](CC(C)C)C(=O)O. The second-order valence-corrected chi connectivity index (χ2v) is 13.8. The van der Waals surface area contributed by atoms with Crippen molar-refractivity contribution in [3.8, 4) is 0 Å². The average Bonchev–Trinajstić information content (AvgIpc) is 3.52. The zero-order chi connectivity index (χ0) is 35.1. The minimum atomic E-state index is -1.03. The van der Waals surface area contributed by atoms with E-state index in [1.165, 1.54) is 6.92 Å². The van der Waals surface area contributed by atoms with Gasteiger partial charge in [0, 0.05) is 37.6 Å². The number of likely N-dealkylation sites (tertiary alicyclic amines) is 1. The van der Waals surface area contributed by atoms with E-state index in [2.05, 4.69) is 5.32 Å². The molecule has 0 radical (unpaired) electrons. The Hall–Kier alpha value is -3.40. The molecule has 4 unspecified atom stereocenters. The van der Waals surface area contributed by atoms with Gasteiger partial charge in [-0.25, -0.2) is 0 Å². The third-order valence-electron chi connectivity index (χ3n) is 9.35. The number of benzene rings is 1. The monoisotopic (exact) mass is 655 g/mol. The smallest absolute Gasteiger partial charge is 0.306 e. The van der Waals surface area contributed by atoms with Crippen LogP contribution in [0.5, 0.6) is 0 Å². The third kappa shape index (κ3) is 13.0. The van der Waals surface area contributed by atoms with Gasteiger partial charge in [-0.1, -0.05) is 70.9 Å². The number of nitrogens with one attached hydrogen (secondary N) is 1. The fraction of sp³-hybridized carbons (Fsp3) is 0.676. The standard InChI is InChI=1S/C37H57N3O7/c1-6-25(4)34(33(43)23-30(37(46)47)19-24(2)3)39-35(44)29(21-27-13-8-7-9-14-27)22-32(42)31-16-12-18-40(31)36(45)28(20-26(5)41)15-10-11-17-38/h7-9,13-14,24-25,28-31,34H,6,10-12,15-23,38H2,1-5H3,(H,39,44)(H,46,47)/t25?,28?,29?,30-,31+,34?/m1/s1. The molecule has 6 atom stereocenters. The zero-order valence-electron chi connectivity index (χ0n) is 29.0. The maximum atomic E-state index is 14.0. The summed E-state index contributed by atoms with van der Waals surface area (Å²) in [6.07, 6.45) is 4.14. The summed E-state index contributed by atoms with van der Waals surface area (Å²) in [6, 6.07) is 7.77. The van der Waals surface area contributed by atoms with Gasteiger partial charge in [0.15, 0.2) is 11.6 Å². The van der Waals surface area contributed by atoms with Gasteiger partial charge < -0.3 is 25.9 Å². The van der Waals surface area contributed by atoms with Gasteiger partial charge in [-0.05, 0) is 69.4 Å². The molecule has 1 heterocycles. The maximum absolute atomic E-state index is 14.0. The van der Waals surface area contributed by atoms with Crippen molar-refractivity contribution < 1.29 is 33.9 Å². The number of aliphatic carboxylic acids is 1. The highest BCUT2D eigenvalue weighted by Crippen LogP contribution is 2.28. The van der Waals surface area contributed by atoms with Crippen LogP contribution in [0.4, 0.5) is 0 Å². The molecule has 1 aromatic carbocycles. The van der Waals surface area contributed by atoms with Gasteiger partial charge >= 0.3 is 5.97 Å². The molecular formula is C37H57N3O7. The van der Waals surface area contributed by atoms with Crippen LogP contribution >= 0.6 is 0 Å². The van der Waals surface area contributed by atoms with Crippen molar-refractivity contribution in [2.45, 2.75) is 117 Å². The first-order valence-electron chi connectivity index (χ1n) is 17.4. The first-order valence-corrected chi connectivity index (χ1v) is 17.4. The summed E-state index contributed by atoms with van der Waals surface area (Å²) in [5, 5.41) is 12.7. The molecule has 2 rings (SSSR count). The third-order valence-corrected chi connectivity index (χ3v) is 9.35. The van der Waals surface area contributed by atoms with E-state index in [4.69, 9.17) is 5.73 Å². The molecule has 2 amide bonds. The van der Waals surface area contributed by atoms with Crippen molar-refractivity contribution in [3.63, 3.8) is 0 Å². The van der Waals surface area contributed by atoms with Crippen LogP contribution in [0.2, 0.25) is 0 Å². The lowest BCUT2D eigenvalue weighted by Gasteiger charge is -2.30. The summed E-state index contributed by atoms with van der Waals surface area (Å²) in [4.78, 5) is 80.6. The predicted molar refractivity (Wildman–Crippen MR) is 181 cm³/mol. The molecule has 1 aliphatic rings. The Morgan fingerprint density at radius 1 is 0.957 bits per heavy atom. The van der Waals surface area contributed by atoms with Crippen LogP contribution in [0, 0.1) is 29.6 Å². The van der Waals surface area contributed by atoms with Gasteiger partial charge in [-0.15, -0.1) is 0 Å². The number of amides is 2. The maximum Gasteiger partial charge on any atom is 0.306 e. The van der Waals surface area contributed by atoms with Crippen molar-refractivity contribution in [3.05, 3.63) is 35.9 Å². The lowest BCUT2D eigenvalue weighted by molar-refractivity contribution is -0.145. The molecule has 262 valence electrons. The van der Waals surface area contributed by atoms with Crippen molar-refractivity contribution in [2.24, 2.45) is 35.3 Å². The Kier molecular flexibility index (Phi) is 17.0. The van der Waals surface area contributed by atoms with E-state index in [-0.39, 0.29) is 60.8 Å². The number of carboxylic acid groups (broad SMARTS) is 1. The van der Waals surface area contributed by atoms with Gasteiger partial charge in [0.1, 0.15) is 5.78 Å². The molecule has 0 bridgehead atoms. The fourth-order valence-electron chi connectivity index (χ4n) is 6.59. The van der Waals surface area contributed by atoms with E-state index in [1.54, 1.807) is 4.90 Å². The van der Waals surface area contributed by atoms with Gasteiger partial charge in [0.25, 0.3) is 0 Å². The quantitative estimate of drug-likeness (QED) is 0.151. The van der Waals surface area contributed by atoms with Crippen molar-refractivity contribution in [1.29, 1.82) is 0 Å². The van der Waals surface area contributed by atoms with E-state index in [0.717, 1.165) is 12.0 Å². The van der Waals surface area contributed by atoms with E-state index in [9.17, 15) is 33.9 Å². The highest BCUT2D eigenvalue weighted by molar-refractivity contribution is 5.96. The van der Waals surface area contributed by atoms with E-state index in [0.29, 0.717) is 51.6 Å². The summed E-state index contributed by atoms with van der Waals surface area (Å²) in [7, 11) is 0. The average molecular weight is 656 g/mol. The highest BCUT2D eigenvalue weighted by Gasteiger charge is 2.39. The van der Waals surface area contributed by atoms with E-state index >= 15 is 0 Å². The van der Waals surface area contributed by atoms with Crippen LogP contribution in [-0.2, 0) is 35.2 Å². The van der Waals surface area contributed by atoms with Crippen LogP contribution in [0.1, 0.15) is 104 Å². The second-order valence-electron chi connectivity index (χ2n) is 13.8. The molecule has 1 aliphatic heterocycles. The zero-order valence-corrected chi connectivity index (χ0v) is 29.0. The Labute approximate surface area is 280 Å². The number of unbranched alkanes of at least 4 members (excludes halogenated alkanes) is 1. The lowest BCUT2D eigenvalue weighted by Crippen LogP contribution is -2.49. The highest BCUT2D eigenvalue weighted by atomic mass is 16.4. The van der Waals surface area contributed by atoms with Gasteiger partial charge in [0.2, 0.25) is 11.8 Å². The number of nitrogens with two attached hydrogens (primary N) is 1. The lowest BCUT2D eigenvalue weighted by atomic mass is 9.85. The number of Topliss-reactive ketones (excluding diaryl/α,β-unsaturated/α-hetero) is 3. The normalized spacial score (nSPS) is 17.9. The molecule has 0 spiro atoms. The molecule has 1 fully saturated rings. The molecule has 47 heavy (non-hydrogen) atoms. The largest absolute Gasteiger partial charge is 0.481 e. The summed E-state index contributed by atoms with van der Waals surface area (Å²) in [6.45, 7) is 9.96. The molecule has 0 aromatic heterocycles. The minimum Gasteiger partial charge on any atom is -0.481 e. The Balaban J connectivity index is 2.30. The number of nitrogens with zero attached hydrogens (tertiary/aromatic N) is 1. The number of rotatable bonds is 22. The first-order chi connectivity index (χ1) is 22.3. The number of carbonyl (C=O) groups excluding carboxylic acids is 5. The molecule has 1 aromatic rings.